The van der Waals surface area contributed by atoms with Gasteiger partial charge in [0.15, 0.2) is 11.5 Å². The van der Waals surface area contributed by atoms with Crippen molar-refractivity contribution in [3.63, 3.8) is 0 Å². The summed E-state index contributed by atoms with van der Waals surface area (Å²) < 4.78 is 19.2. The number of halogens is 1. The van der Waals surface area contributed by atoms with Crippen LogP contribution < -0.4 is 9.47 Å². The van der Waals surface area contributed by atoms with Gasteiger partial charge in [-0.15, -0.1) is 0 Å². The summed E-state index contributed by atoms with van der Waals surface area (Å²) in [5.74, 6) is 0.321. The van der Waals surface area contributed by atoms with Crippen LogP contribution in [0, 0.1) is 21.3 Å². The fraction of sp³-hybridized carbons (Fsp3) is 0.348. The van der Waals surface area contributed by atoms with E-state index in [1.165, 1.54) is 5.56 Å². The van der Waals surface area contributed by atoms with Crippen molar-refractivity contribution in [3.8, 4) is 17.2 Å². The van der Waals surface area contributed by atoms with E-state index in [-0.39, 0.29) is 35.6 Å². The summed E-state index contributed by atoms with van der Waals surface area (Å²) in [7, 11) is 1.56. The number of hydrogen-bond donors (Lipinski definition) is 1. The maximum Gasteiger partial charge on any atom is 0.234 e. The Labute approximate surface area is 336 Å². The van der Waals surface area contributed by atoms with Gasteiger partial charge in [0.05, 0.1) is 35.2 Å². The summed E-state index contributed by atoms with van der Waals surface area (Å²) in [6.07, 6.45) is 5.45. The maximum atomic E-state index is 14.5. The quantitative estimate of drug-likeness (QED) is 0.0664. The van der Waals surface area contributed by atoms with E-state index in [9.17, 15) is 14.7 Å². The molecule has 4 aromatic carbocycles. The summed E-state index contributed by atoms with van der Waals surface area (Å²) in [6.45, 7) is 3.35. The summed E-state index contributed by atoms with van der Waals surface area (Å²) >= 11 is 2.13. The van der Waals surface area contributed by atoms with E-state index in [0.717, 1.165) is 66.1 Å². The number of likely N-dealkylation sites (tertiary alicyclic amines) is 2. The molecule has 55 heavy (non-hydrogen) atoms. The lowest BCUT2D eigenvalue weighted by molar-refractivity contribution is -0.144. The molecule has 3 aliphatic heterocycles. The number of carbonyl (C=O) groups is 2. The Balaban J connectivity index is 1.04. The fourth-order valence-corrected chi connectivity index (χ4v) is 9.75. The number of carbonyl (C=O) groups excluding carboxylic acids is 2. The van der Waals surface area contributed by atoms with Gasteiger partial charge in [-0.1, -0.05) is 84.9 Å². The van der Waals surface area contributed by atoms with Crippen molar-refractivity contribution in [3.05, 3.63) is 135 Å². The number of phenols is 1. The maximum absolute atomic E-state index is 14.5. The molecule has 8 nitrogen and oxygen atoms in total. The predicted octanol–water partition coefficient (Wildman–Crippen LogP) is 8.39. The molecule has 0 saturated carbocycles. The molecule has 3 saturated heterocycles. The monoisotopic (exact) mass is 850 g/mol. The molecular weight excluding hydrogens is 803 g/mol. The number of rotatable bonds is 12. The van der Waals surface area contributed by atoms with Gasteiger partial charge in [0.25, 0.3) is 0 Å². The number of methoxy groups -OCH3 is 1. The Hall–Kier alpha value is -4.45. The van der Waals surface area contributed by atoms with E-state index in [1.807, 2.05) is 66.7 Å². The van der Waals surface area contributed by atoms with Gasteiger partial charge in [-0.25, -0.2) is 0 Å². The minimum Gasteiger partial charge on any atom is -0.504 e. The predicted molar refractivity (Wildman–Crippen MR) is 221 cm³/mol. The number of amides is 2. The van der Waals surface area contributed by atoms with E-state index in [1.54, 1.807) is 12.0 Å². The molecule has 4 aliphatic rings. The van der Waals surface area contributed by atoms with Crippen LogP contribution in [-0.4, -0.2) is 72.3 Å². The second kappa shape index (κ2) is 16.7. The third-order valence-electron chi connectivity index (χ3n) is 11.8. The topological polar surface area (TPSA) is 88.5 Å². The third kappa shape index (κ3) is 7.97. The molecule has 8 rings (SSSR count). The first kappa shape index (κ1) is 37.5. The molecule has 4 atom stereocenters. The zero-order valence-corrected chi connectivity index (χ0v) is 33.3. The van der Waals surface area contributed by atoms with Crippen molar-refractivity contribution in [2.24, 2.45) is 17.8 Å². The first-order chi connectivity index (χ1) is 26.9. The highest BCUT2D eigenvalue weighted by Crippen LogP contribution is 2.51. The van der Waals surface area contributed by atoms with Gasteiger partial charge < -0.3 is 19.3 Å². The van der Waals surface area contributed by atoms with E-state index < -0.39 is 11.8 Å². The number of para-hydroxylation sites is 1. The largest absolute Gasteiger partial charge is 0.504 e. The number of imide groups is 1. The highest BCUT2D eigenvalue weighted by Gasteiger charge is 2.58. The Morgan fingerprint density at radius 1 is 0.909 bits per heavy atom. The Bertz CT molecular complexity index is 2060. The standard InChI is InChI=1S/C46H47IN2O6/c1-53-41-25-31(24-39(47)44(41)50)23-33(32-13-7-3-8-14-32)17-18-40-42-34(28-54-36-15-9-4-10-16-36)26-37-43(38(42)29-55-40)46(52)49(45(37)51)35-19-21-48(22-20-35)27-30-11-5-2-6-12-30/h2-16,23-25,35,37-38,40,43,50H,17-22,26-29H2,1H3/b33-23-/t37-,38+,40-,43-/m1/s1. The Kier molecular flexibility index (Phi) is 11.4. The summed E-state index contributed by atoms with van der Waals surface area (Å²) in [4.78, 5) is 32.8. The van der Waals surface area contributed by atoms with Crippen LogP contribution in [0.4, 0.5) is 0 Å². The van der Waals surface area contributed by atoms with Gasteiger partial charge in [0.1, 0.15) is 12.4 Å². The van der Waals surface area contributed by atoms with E-state index in [4.69, 9.17) is 14.2 Å². The van der Waals surface area contributed by atoms with Crippen LogP contribution in [0.1, 0.15) is 48.8 Å². The second-order valence-electron chi connectivity index (χ2n) is 15.1. The van der Waals surface area contributed by atoms with Crippen LogP contribution >= 0.6 is 22.6 Å². The minimum absolute atomic E-state index is 0.0213. The van der Waals surface area contributed by atoms with E-state index >= 15 is 0 Å². The number of ether oxygens (including phenoxy) is 3. The number of nitrogens with zero attached hydrogens (tertiary/aromatic N) is 2. The molecule has 3 heterocycles. The van der Waals surface area contributed by atoms with Gasteiger partial charge in [-0.2, -0.15) is 0 Å². The molecule has 3 fully saturated rings. The van der Waals surface area contributed by atoms with Crippen molar-refractivity contribution >= 4 is 46.1 Å². The van der Waals surface area contributed by atoms with Gasteiger partial charge >= 0.3 is 0 Å². The Morgan fingerprint density at radius 3 is 2.31 bits per heavy atom. The van der Waals surface area contributed by atoms with Crippen LogP contribution in [0.15, 0.2) is 114 Å². The smallest absolute Gasteiger partial charge is 0.234 e. The Morgan fingerprint density at radius 2 is 1.60 bits per heavy atom. The fourth-order valence-electron chi connectivity index (χ4n) is 9.13. The molecule has 1 N–H and O–H groups in total. The number of fused-ring (bicyclic) bond motifs is 3. The molecule has 0 aromatic heterocycles. The van der Waals surface area contributed by atoms with Crippen LogP contribution in [0.3, 0.4) is 0 Å². The molecule has 9 heteroatoms. The number of benzene rings is 4. The van der Waals surface area contributed by atoms with Crippen molar-refractivity contribution in [1.82, 2.24) is 9.80 Å². The molecule has 0 spiro atoms. The molecule has 0 unspecified atom stereocenters. The highest BCUT2D eigenvalue weighted by molar-refractivity contribution is 14.1. The van der Waals surface area contributed by atoms with Crippen molar-refractivity contribution in [2.75, 3.05) is 33.4 Å². The zero-order valence-electron chi connectivity index (χ0n) is 31.1. The van der Waals surface area contributed by atoms with Crippen LogP contribution in [0.2, 0.25) is 0 Å². The normalized spacial score (nSPS) is 23.2. The zero-order chi connectivity index (χ0) is 37.9. The van der Waals surface area contributed by atoms with Crippen LogP contribution in [0.5, 0.6) is 17.2 Å². The molecule has 284 valence electrons. The molecule has 0 radical (unpaired) electrons. The van der Waals surface area contributed by atoms with Gasteiger partial charge in [0, 0.05) is 31.6 Å². The highest BCUT2D eigenvalue weighted by atomic mass is 127. The van der Waals surface area contributed by atoms with Crippen molar-refractivity contribution in [2.45, 2.75) is 50.8 Å². The number of aromatic hydroxyl groups is 1. The molecular formula is C46H47IN2O6. The lowest BCUT2D eigenvalue weighted by atomic mass is 9.69. The van der Waals surface area contributed by atoms with Gasteiger partial charge in [-0.05, 0) is 112 Å². The molecule has 0 bridgehead atoms. The SMILES string of the molecule is COc1cc(/C=C(/CC[C@H]2OC[C@H]3C2=C(COc2ccccc2)C[C@H]2C(=O)N(C4CCN(Cc5ccccc5)CC4)C(=O)[C@H]23)c2ccccc2)cc(I)c1O. The van der Waals surface area contributed by atoms with Gasteiger partial charge in [0.2, 0.25) is 11.8 Å². The first-order valence-electron chi connectivity index (χ1n) is 19.3. The summed E-state index contributed by atoms with van der Waals surface area (Å²) in [6, 6.07) is 34.3. The lowest BCUT2D eigenvalue weighted by Crippen LogP contribution is -2.47. The number of allylic oxidation sites excluding steroid dienone is 1. The van der Waals surface area contributed by atoms with Crippen LogP contribution in [0.25, 0.3) is 11.6 Å². The minimum atomic E-state index is -0.411. The van der Waals surface area contributed by atoms with Crippen molar-refractivity contribution in [1.29, 1.82) is 0 Å². The molecule has 2 amide bonds. The molecule has 4 aromatic rings. The summed E-state index contributed by atoms with van der Waals surface area (Å²) in [5, 5.41) is 10.5. The van der Waals surface area contributed by atoms with Crippen molar-refractivity contribution < 1.29 is 28.9 Å². The molecule has 1 aliphatic carbocycles. The number of hydrogen-bond acceptors (Lipinski definition) is 7. The first-order valence-corrected chi connectivity index (χ1v) is 20.4. The van der Waals surface area contributed by atoms with E-state index in [2.05, 4.69) is 70.0 Å². The third-order valence-corrected chi connectivity index (χ3v) is 12.6. The number of piperidine rings is 1. The van der Waals surface area contributed by atoms with E-state index in [0.29, 0.717) is 41.8 Å². The average molecular weight is 851 g/mol. The second-order valence-corrected chi connectivity index (χ2v) is 16.3. The van der Waals surface area contributed by atoms with Crippen LogP contribution in [-0.2, 0) is 20.9 Å². The lowest BCUT2D eigenvalue weighted by Gasteiger charge is -2.36. The number of phenolic OH excluding ortho intramolecular Hbond substituents is 1. The average Bonchev–Trinajstić information content (AvgIpc) is 3.75. The summed E-state index contributed by atoms with van der Waals surface area (Å²) in [5.41, 5.74) is 6.67. The van der Waals surface area contributed by atoms with Gasteiger partial charge in [-0.3, -0.25) is 19.4 Å².